The first-order chi connectivity index (χ1) is 8.80. The normalized spacial score (nSPS) is 20.4. The summed E-state index contributed by atoms with van der Waals surface area (Å²) in [6.45, 7) is 10.8. The summed E-state index contributed by atoms with van der Waals surface area (Å²) in [6, 6.07) is 1.30. The lowest BCUT2D eigenvalue weighted by Gasteiger charge is -2.36. The second-order valence-corrected chi connectivity index (χ2v) is 6.28. The predicted octanol–water partition coefficient (Wildman–Crippen LogP) is 2.18. The van der Waals surface area contributed by atoms with Crippen molar-refractivity contribution in [2.45, 2.75) is 77.5 Å². The van der Waals surface area contributed by atoms with Crippen LogP contribution in [0.4, 0.5) is 0 Å². The van der Waals surface area contributed by atoms with Gasteiger partial charge < -0.3 is 9.64 Å². The Balaban J connectivity index is 2.69. The number of carbonyl (C=O) groups is 1. The first kappa shape index (κ1) is 16.4. The summed E-state index contributed by atoms with van der Waals surface area (Å²) in [5.74, 6) is -0.120. The molecule has 0 radical (unpaired) electrons. The van der Waals surface area contributed by atoms with Crippen LogP contribution in [0.25, 0.3) is 0 Å². The van der Waals surface area contributed by atoms with E-state index in [4.69, 9.17) is 4.74 Å². The van der Waals surface area contributed by atoms with Crippen molar-refractivity contribution in [2.24, 2.45) is 0 Å². The molecule has 1 aliphatic rings. The maximum Gasteiger partial charge on any atom is 0.326 e. The second kappa shape index (κ2) is 6.71. The Bertz CT molecular complexity index is 303. The summed E-state index contributed by atoms with van der Waals surface area (Å²) in [4.78, 5) is 14.6. The highest BCUT2D eigenvalue weighted by atomic mass is 16.5. The standard InChI is InChI=1S/C15H30N2O2/c1-7-19-14(18)15(5,16-13-8-9-13)10-12(4)17(6)11(2)3/h11-13,16H,7-10H2,1-6H3. The smallest absolute Gasteiger partial charge is 0.326 e. The van der Waals surface area contributed by atoms with E-state index in [1.165, 1.54) is 12.8 Å². The molecule has 0 amide bonds. The lowest BCUT2D eigenvalue weighted by atomic mass is 9.92. The molecule has 4 nitrogen and oxygen atoms in total. The zero-order valence-electron chi connectivity index (χ0n) is 13.3. The van der Waals surface area contributed by atoms with Gasteiger partial charge in [-0.25, -0.2) is 0 Å². The average molecular weight is 270 g/mol. The van der Waals surface area contributed by atoms with Crippen LogP contribution in [0.2, 0.25) is 0 Å². The van der Waals surface area contributed by atoms with Gasteiger partial charge in [-0.15, -0.1) is 0 Å². The van der Waals surface area contributed by atoms with Gasteiger partial charge in [-0.3, -0.25) is 10.1 Å². The summed E-state index contributed by atoms with van der Waals surface area (Å²) in [6.07, 6.45) is 3.11. The number of ether oxygens (including phenoxy) is 1. The summed E-state index contributed by atoms with van der Waals surface area (Å²) in [5.41, 5.74) is -0.570. The Morgan fingerprint density at radius 2 is 2.00 bits per heavy atom. The molecule has 1 N–H and O–H groups in total. The molecule has 0 saturated heterocycles. The third-order valence-corrected chi connectivity index (χ3v) is 4.04. The molecule has 112 valence electrons. The SMILES string of the molecule is CCOC(=O)C(C)(CC(C)N(C)C(C)C)NC1CC1. The van der Waals surface area contributed by atoms with Gasteiger partial charge in [0.05, 0.1) is 6.61 Å². The highest BCUT2D eigenvalue weighted by molar-refractivity contribution is 5.80. The number of esters is 1. The maximum absolute atomic E-state index is 12.3. The van der Waals surface area contributed by atoms with Gasteiger partial charge in [0.2, 0.25) is 0 Å². The zero-order valence-corrected chi connectivity index (χ0v) is 13.3. The van der Waals surface area contributed by atoms with Crippen molar-refractivity contribution in [3.8, 4) is 0 Å². The molecule has 1 fully saturated rings. The van der Waals surface area contributed by atoms with Crippen LogP contribution in [0.1, 0.15) is 53.9 Å². The fourth-order valence-corrected chi connectivity index (χ4v) is 2.41. The van der Waals surface area contributed by atoms with Gasteiger partial charge in [-0.1, -0.05) is 0 Å². The van der Waals surface area contributed by atoms with E-state index in [-0.39, 0.29) is 5.97 Å². The molecular weight excluding hydrogens is 240 g/mol. The molecule has 19 heavy (non-hydrogen) atoms. The molecule has 4 heteroatoms. The molecule has 1 aliphatic carbocycles. The van der Waals surface area contributed by atoms with Gasteiger partial charge in [0, 0.05) is 18.1 Å². The number of nitrogens with zero attached hydrogens (tertiary/aromatic N) is 1. The van der Waals surface area contributed by atoms with Crippen molar-refractivity contribution in [3.63, 3.8) is 0 Å². The molecular formula is C15H30N2O2. The van der Waals surface area contributed by atoms with Gasteiger partial charge in [-0.2, -0.15) is 0 Å². The van der Waals surface area contributed by atoms with Crippen LogP contribution in [-0.4, -0.2) is 48.2 Å². The molecule has 0 aliphatic heterocycles. The summed E-state index contributed by atoms with van der Waals surface area (Å²) >= 11 is 0. The first-order valence-corrected chi connectivity index (χ1v) is 7.47. The van der Waals surface area contributed by atoms with E-state index in [1.807, 2.05) is 13.8 Å². The molecule has 0 aromatic carbocycles. The van der Waals surface area contributed by atoms with E-state index < -0.39 is 5.54 Å². The van der Waals surface area contributed by atoms with E-state index in [0.717, 1.165) is 6.42 Å². The molecule has 1 saturated carbocycles. The predicted molar refractivity (Wildman–Crippen MR) is 78.2 cm³/mol. The van der Waals surface area contributed by atoms with Crippen molar-refractivity contribution >= 4 is 5.97 Å². The minimum atomic E-state index is -0.570. The first-order valence-electron chi connectivity index (χ1n) is 7.47. The van der Waals surface area contributed by atoms with Crippen LogP contribution in [-0.2, 0) is 9.53 Å². The van der Waals surface area contributed by atoms with Gasteiger partial charge >= 0.3 is 5.97 Å². The molecule has 1 rings (SSSR count). The number of nitrogens with one attached hydrogen (secondary N) is 1. The number of rotatable bonds is 8. The van der Waals surface area contributed by atoms with Crippen molar-refractivity contribution in [1.82, 2.24) is 10.2 Å². The van der Waals surface area contributed by atoms with Crippen LogP contribution in [0.15, 0.2) is 0 Å². The monoisotopic (exact) mass is 270 g/mol. The minimum Gasteiger partial charge on any atom is -0.465 e. The minimum absolute atomic E-state index is 0.120. The summed E-state index contributed by atoms with van der Waals surface area (Å²) in [5, 5.41) is 3.48. The van der Waals surface area contributed by atoms with Gasteiger partial charge in [0.1, 0.15) is 5.54 Å². The number of hydrogen-bond acceptors (Lipinski definition) is 4. The van der Waals surface area contributed by atoms with Crippen LogP contribution in [0, 0.1) is 0 Å². The third-order valence-electron chi connectivity index (χ3n) is 4.04. The van der Waals surface area contributed by atoms with Crippen LogP contribution in [0.5, 0.6) is 0 Å². The van der Waals surface area contributed by atoms with E-state index in [9.17, 15) is 4.79 Å². The molecule has 0 heterocycles. The molecule has 2 atom stereocenters. The Hall–Kier alpha value is -0.610. The van der Waals surface area contributed by atoms with E-state index in [0.29, 0.717) is 24.7 Å². The van der Waals surface area contributed by atoms with E-state index >= 15 is 0 Å². The third kappa shape index (κ3) is 4.77. The Morgan fingerprint density at radius 1 is 1.42 bits per heavy atom. The molecule has 0 spiro atoms. The highest BCUT2D eigenvalue weighted by Crippen LogP contribution is 2.27. The van der Waals surface area contributed by atoms with E-state index in [1.54, 1.807) is 0 Å². The Labute approximate surface area is 117 Å². The Morgan fingerprint density at radius 3 is 2.42 bits per heavy atom. The van der Waals surface area contributed by atoms with Crippen molar-refractivity contribution < 1.29 is 9.53 Å². The molecule has 0 bridgehead atoms. The van der Waals surface area contributed by atoms with Crippen LogP contribution < -0.4 is 5.32 Å². The van der Waals surface area contributed by atoms with E-state index in [2.05, 4.69) is 38.0 Å². The Kier molecular flexibility index (Phi) is 5.81. The maximum atomic E-state index is 12.3. The van der Waals surface area contributed by atoms with Crippen molar-refractivity contribution in [1.29, 1.82) is 0 Å². The second-order valence-electron chi connectivity index (χ2n) is 6.28. The van der Waals surface area contributed by atoms with Crippen molar-refractivity contribution in [2.75, 3.05) is 13.7 Å². The summed E-state index contributed by atoms with van der Waals surface area (Å²) in [7, 11) is 2.11. The fourth-order valence-electron chi connectivity index (χ4n) is 2.41. The van der Waals surface area contributed by atoms with Crippen LogP contribution in [0.3, 0.4) is 0 Å². The topological polar surface area (TPSA) is 41.6 Å². The van der Waals surface area contributed by atoms with Crippen LogP contribution >= 0.6 is 0 Å². The molecule has 0 aromatic rings. The lowest BCUT2D eigenvalue weighted by Crippen LogP contribution is -2.55. The summed E-state index contributed by atoms with van der Waals surface area (Å²) < 4.78 is 5.26. The largest absolute Gasteiger partial charge is 0.465 e. The number of hydrogen-bond donors (Lipinski definition) is 1. The lowest BCUT2D eigenvalue weighted by molar-refractivity contribution is -0.151. The molecule has 2 unspecified atom stereocenters. The quantitative estimate of drug-likeness (QED) is 0.686. The number of carbonyl (C=O) groups excluding carboxylic acids is 1. The average Bonchev–Trinajstić information content (AvgIpc) is 3.11. The molecule has 0 aromatic heterocycles. The fraction of sp³-hybridized carbons (Fsp3) is 0.933. The van der Waals surface area contributed by atoms with Gasteiger partial charge in [0.25, 0.3) is 0 Å². The van der Waals surface area contributed by atoms with Crippen molar-refractivity contribution in [3.05, 3.63) is 0 Å². The van der Waals surface area contributed by atoms with Gasteiger partial charge in [0.15, 0.2) is 0 Å². The highest BCUT2D eigenvalue weighted by Gasteiger charge is 2.41. The zero-order chi connectivity index (χ0) is 14.6. The van der Waals surface area contributed by atoms with Gasteiger partial charge in [-0.05, 0) is 60.9 Å².